The van der Waals surface area contributed by atoms with Gasteiger partial charge in [-0.1, -0.05) is 54.6 Å². The van der Waals surface area contributed by atoms with Crippen molar-refractivity contribution in [2.24, 2.45) is 5.73 Å². The Morgan fingerprint density at radius 3 is 2.53 bits per heavy atom. The van der Waals surface area contributed by atoms with Crippen LogP contribution in [0, 0.1) is 0 Å². The maximum atomic E-state index is 12.3. The molecule has 0 aliphatic heterocycles. The summed E-state index contributed by atoms with van der Waals surface area (Å²) in [5.74, 6) is -0.185. The number of hydrogen-bond acceptors (Lipinski definition) is 4. The van der Waals surface area contributed by atoms with Crippen LogP contribution in [0.15, 0.2) is 67.1 Å². The topological polar surface area (TPSA) is 82.2 Å². The normalized spacial score (nSPS) is 11.1. The van der Waals surface area contributed by atoms with Gasteiger partial charge in [0.15, 0.2) is 0 Å². The Bertz CT molecular complexity index is 903. The van der Waals surface area contributed by atoms with Crippen molar-refractivity contribution in [3.63, 3.8) is 0 Å². The van der Waals surface area contributed by atoms with Crippen molar-refractivity contribution in [2.45, 2.75) is 32.2 Å². The number of carbonyl (C=O) groups is 1. The van der Waals surface area contributed by atoms with Crippen LogP contribution in [0.1, 0.15) is 22.4 Å². The largest absolute Gasteiger partial charge is 0.380 e. The van der Waals surface area contributed by atoms with E-state index in [-0.39, 0.29) is 30.7 Å². The molecule has 0 fully saturated rings. The second kappa shape index (κ2) is 13.0. The van der Waals surface area contributed by atoms with E-state index < -0.39 is 6.04 Å². The first-order valence-corrected chi connectivity index (χ1v) is 9.28. The van der Waals surface area contributed by atoms with Crippen LogP contribution in [0.5, 0.6) is 0 Å². The summed E-state index contributed by atoms with van der Waals surface area (Å²) in [6, 6.07) is 17.5. The second-order valence-corrected chi connectivity index (χ2v) is 6.80. The van der Waals surface area contributed by atoms with E-state index in [1.165, 1.54) is 5.56 Å². The monoisotopic (exact) mass is 450 g/mol. The Hall–Kier alpha value is -2.38. The molecule has 1 aromatic heterocycles. The number of amides is 1. The first kappa shape index (κ1) is 25.7. The molecule has 162 valence electrons. The molecule has 0 saturated heterocycles. The number of nitrogens with two attached hydrogens (primary N) is 1. The van der Waals surface area contributed by atoms with Crippen LogP contribution in [0.2, 0.25) is 0 Å². The number of carbonyl (C=O) groups excluding carboxylic acids is 1. The Balaban J connectivity index is 0.00000225. The highest BCUT2D eigenvalue weighted by Gasteiger charge is 2.15. The fraction of sp³-hybridized carbons (Fsp3) is 0.273. The zero-order chi connectivity index (χ0) is 19.8. The van der Waals surface area contributed by atoms with Crippen LogP contribution in [0.3, 0.4) is 0 Å². The molecule has 3 rings (SSSR count). The van der Waals surface area contributed by atoms with Crippen LogP contribution in [0.4, 0.5) is 0 Å². The minimum atomic E-state index is -0.637. The molecule has 0 saturated carbocycles. The van der Waals surface area contributed by atoms with Crippen LogP contribution < -0.4 is 11.1 Å². The molecular weight excluding hydrogens is 423 g/mol. The van der Waals surface area contributed by atoms with Gasteiger partial charge in [0, 0.05) is 32.8 Å². The summed E-state index contributed by atoms with van der Waals surface area (Å²) < 4.78 is 7.13. The van der Waals surface area contributed by atoms with Gasteiger partial charge in [-0.05, 0) is 16.7 Å². The number of halogens is 2. The molecule has 0 bridgehead atoms. The minimum Gasteiger partial charge on any atom is -0.380 e. The average molecular weight is 451 g/mol. The SMILES string of the molecule is COCc1cccc(CNC(=O)[C@@H](N)Cc2cn(Cc3ccccc3)cn2)c1.Cl.Cl. The minimum absolute atomic E-state index is 0. The van der Waals surface area contributed by atoms with Crippen molar-refractivity contribution < 1.29 is 9.53 Å². The molecule has 2 aromatic carbocycles. The highest BCUT2D eigenvalue weighted by molar-refractivity contribution is 5.85. The van der Waals surface area contributed by atoms with Crippen molar-refractivity contribution >= 4 is 30.7 Å². The van der Waals surface area contributed by atoms with Crippen molar-refractivity contribution in [3.05, 3.63) is 89.5 Å². The lowest BCUT2D eigenvalue weighted by Gasteiger charge is -2.12. The van der Waals surface area contributed by atoms with Gasteiger partial charge in [-0.3, -0.25) is 4.79 Å². The van der Waals surface area contributed by atoms with Crippen molar-refractivity contribution in [2.75, 3.05) is 7.11 Å². The second-order valence-electron chi connectivity index (χ2n) is 6.80. The summed E-state index contributed by atoms with van der Waals surface area (Å²) in [7, 11) is 1.66. The lowest BCUT2D eigenvalue weighted by Crippen LogP contribution is -2.41. The summed E-state index contributed by atoms with van der Waals surface area (Å²) in [4.78, 5) is 16.7. The van der Waals surface area contributed by atoms with Crippen LogP contribution in [-0.2, 0) is 35.6 Å². The summed E-state index contributed by atoms with van der Waals surface area (Å²) >= 11 is 0. The molecule has 0 aliphatic carbocycles. The van der Waals surface area contributed by atoms with E-state index >= 15 is 0 Å². The quantitative estimate of drug-likeness (QED) is 0.524. The molecule has 0 radical (unpaired) electrons. The number of rotatable bonds is 9. The lowest BCUT2D eigenvalue weighted by atomic mass is 10.1. The Morgan fingerprint density at radius 1 is 1.10 bits per heavy atom. The molecule has 3 N–H and O–H groups in total. The number of imidazole rings is 1. The number of nitrogens with one attached hydrogen (secondary N) is 1. The van der Waals surface area contributed by atoms with Gasteiger partial charge in [0.2, 0.25) is 5.91 Å². The highest BCUT2D eigenvalue weighted by Crippen LogP contribution is 2.08. The van der Waals surface area contributed by atoms with E-state index in [4.69, 9.17) is 10.5 Å². The molecule has 3 aromatic rings. The number of methoxy groups -OCH3 is 1. The standard InChI is InChI=1S/C22H26N4O2.2ClH/c1-28-15-19-9-5-8-18(10-19)12-24-22(27)21(23)11-20-14-26(16-25-20)13-17-6-3-2-4-7-17;;/h2-10,14,16,21H,11-13,15,23H2,1H3,(H,24,27);2*1H/t21-;;/m0../s1. The third-order valence-corrected chi connectivity index (χ3v) is 4.43. The molecule has 0 aliphatic rings. The summed E-state index contributed by atoms with van der Waals surface area (Å²) in [6.45, 7) is 1.73. The molecule has 1 amide bonds. The van der Waals surface area contributed by atoms with Crippen LogP contribution in [0.25, 0.3) is 0 Å². The van der Waals surface area contributed by atoms with Crippen LogP contribution in [-0.4, -0.2) is 28.6 Å². The number of hydrogen-bond donors (Lipinski definition) is 2. The van der Waals surface area contributed by atoms with Gasteiger partial charge < -0.3 is 20.4 Å². The van der Waals surface area contributed by atoms with Crippen molar-refractivity contribution in [1.29, 1.82) is 0 Å². The third kappa shape index (κ3) is 7.80. The number of benzene rings is 2. The summed E-state index contributed by atoms with van der Waals surface area (Å²) in [5, 5.41) is 2.90. The Morgan fingerprint density at radius 2 is 1.80 bits per heavy atom. The molecular formula is C22H28Cl2N4O2. The van der Waals surface area contributed by atoms with Gasteiger partial charge in [-0.25, -0.2) is 4.98 Å². The van der Waals surface area contributed by atoms with Gasteiger partial charge in [-0.15, -0.1) is 24.8 Å². The molecule has 0 unspecified atom stereocenters. The molecule has 0 spiro atoms. The Labute approximate surface area is 189 Å². The first-order valence-electron chi connectivity index (χ1n) is 9.28. The number of ether oxygens (including phenoxy) is 1. The zero-order valence-corrected chi connectivity index (χ0v) is 18.5. The maximum Gasteiger partial charge on any atom is 0.237 e. The molecule has 1 heterocycles. The molecule has 30 heavy (non-hydrogen) atoms. The smallest absolute Gasteiger partial charge is 0.237 e. The van der Waals surface area contributed by atoms with Gasteiger partial charge in [0.1, 0.15) is 0 Å². The highest BCUT2D eigenvalue weighted by atomic mass is 35.5. The fourth-order valence-corrected chi connectivity index (χ4v) is 3.03. The third-order valence-electron chi connectivity index (χ3n) is 4.43. The molecule has 1 atom stereocenters. The van der Waals surface area contributed by atoms with Gasteiger partial charge in [0.05, 0.1) is 24.7 Å². The molecule has 8 heteroatoms. The van der Waals surface area contributed by atoms with Crippen molar-refractivity contribution in [3.8, 4) is 0 Å². The summed E-state index contributed by atoms with van der Waals surface area (Å²) in [5.41, 5.74) is 10.2. The first-order chi connectivity index (χ1) is 13.6. The van der Waals surface area contributed by atoms with E-state index in [9.17, 15) is 4.79 Å². The summed E-state index contributed by atoms with van der Waals surface area (Å²) in [6.07, 6.45) is 4.11. The maximum absolute atomic E-state index is 12.3. The fourth-order valence-electron chi connectivity index (χ4n) is 3.03. The number of aromatic nitrogens is 2. The zero-order valence-electron chi connectivity index (χ0n) is 16.9. The van der Waals surface area contributed by atoms with Crippen molar-refractivity contribution in [1.82, 2.24) is 14.9 Å². The predicted octanol–water partition coefficient (Wildman–Crippen LogP) is 3.11. The molecule has 6 nitrogen and oxygen atoms in total. The van der Waals surface area contributed by atoms with Gasteiger partial charge in [0.25, 0.3) is 0 Å². The predicted molar refractivity (Wildman–Crippen MR) is 123 cm³/mol. The van der Waals surface area contributed by atoms with Gasteiger partial charge >= 0.3 is 0 Å². The number of nitrogens with zero attached hydrogens (tertiary/aromatic N) is 2. The van der Waals surface area contributed by atoms with E-state index in [2.05, 4.69) is 22.4 Å². The van der Waals surface area contributed by atoms with E-state index in [1.54, 1.807) is 13.4 Å². The van der Waals surface area contributed by atoms with E-state index in [0.717, 1.165) is 23.4 Å². The van der Waals surface area contributed by atoms with E-state index in [1.807, 2.05) is 53.2 Å². The van der Waals surface area contributed by atoms with Gasteiger partial charge in [-0.2, -0.15) is 0 Å². The lowest BCUT2D eigenvalue weighted by molar-refractivity contribution is -0.122. The Kier molecular flexibility index (Phi) is 11.1. The average Bonchev–Trinajstić information content (AvgIpc) is 3.14. The van der Waals surface area contributed by atoms with Crippen LogP contribution >= 0.6 is 24.8 Å². The van der Waals surface area contributed by atoms with E-state index in [0.29, 0.717) is 19.6 Å².